The molecule has 0 saturated carbocycles. The molecule has 2 heterocycles. The minimum absolute atomic E-state index is 0.125. The van der Waals surface area contributed by atoms with Crippen LogP contribution in [-0.2, 0) is 0 Å². The van der Waals surface area contributed by atoms with Crippen LogP contribution in [-0.4, -0.2) is 44.0 Å². The third-order valence-corrected chi connectivity index (χ3v) is 2.84. The molecule has 19 heavy (non-hydrogen) atoms. The molecule has 2 aromatic heterocycles. The summed E-state index contributed by atoms with van der Waals surface area (Å²) in [6.07, 6.45) is 2.33. The molecule has 0 aromatic carbocycles. The molecule has 0 amide bonds. The van der Waals surface area contributed by atoms with Crippen LogP contribution in [0.5, 0.6) is 0 Å². The van der Waals surface area contributed by atoms with Gasteiger partial charge in [0.25, 0.3) is 0 Å². The number of aliphatic hydroxyl groups excluding tert-OH is 1. The van der Waals surface area contributed by atoms with Gasteiger partial charge in [0, 0.05) is 18.7 Å². The highest BCUT2D eigenvalue weighted by Gasteiger charge is 2.20. The lowest BCUT2D eigenvalue weighted by Crippen LogP contribution is -2.32. The molecule has 0 radical (unpaired) electrons. The molecular weight excluding hydrogens is 244 g/mol. The molecular formula is C12H20N6O. The number of aliphatic hydroxyl groups is 1. The Bertz CT molecular complexity index is 550. The monoisotopic (exact) mass is 264 g/mol. The van der Waals surface area contributed by atoms with Gasteiger partial charge in [-0.1, -0.05) is 0 Å². The van der Waals surface area contributed by atoms with Crippen LogP contribution in [0.3, 0.4) is 0 Å². The molecule has 4 N–H and O–H groups in total. The van der Waals surface area contributed by atoms with Gasteiger partial charge in [0.1, 0.15) is 5.82 Å². The predicted octanol–water partition coefficient (Wildman–Crippen LogP) is 1.36. The van der Waals surface area contributed by atoms with Gasteiger partial charge < -0.3 is 15.7 Å². The number of hydrogen-bond donors (Lipinski definition) is 4. The first-order valence-electron chi connectivity index (χ1n) is 6.40. The first-order chi connectivity index (χ1) is 9.05. The molecule has 0 bridgehead atoms. The van der Waals surface area contributed by atoms with Crippen LogP contribution in [0.15, 0.2) is 6.20 Å². The summed E-state index contributed by atoms with van der Waals surface area (Å²) >= 11 is 0. The molecule has 7 heteroatoms. The van der Waals surface area contributed by atoms with Crippen LogP contribution in [0.2, 0.25) is 0 Å². The zero-order valence-corrected chi connectivity index (χ0v) is 11.5. The molecule has 0 aliphatic carbocycles. The predicted molar refractivity (Wildman–Crippen MR) is 75.3 cm³/mol. The second-order valence-corrected chi connectivity index (χ2v) is 5.04. The highest BCUT2D eigenvalue weighted by Crippen LogP contribution is 2.24. The highest BCUT2D eigenvalue weighted by molar-refractivity contribution is 5.87. The summed E-state index contributed by atoms with van der Waals surface area (Å²) in [5.41, 5.74) is 0.435. The molecule has 0 saturated heterocycles. The Balaban J connectivity index is 2.37. The Morgan fingerprint density at radius 2 is 2.16 bits per heavy atom. The SMILES string of the molecule is CCNc1nc(NC(C)(C)CCO)c2cn[nH]c2n1. The Kier molecular flexibility index (Phi) is 3.84. The molecule has 104 valence electrons. The fraction of sp³-hybridized carbons (Fsp3) is 0.583. The minimum atomic E-state index is -0.253. The van der Waals surface area contributed by atoms with Gasteiger partial charge in [0.15, 0.2) is 5.65 Å². The Labute approximate surface area is 111 Å². The van der Waals surface area contributed by atoms with E-state index >= 15 is 0 Å². The van der Waals surface area contributed by atoms with Crippen LogP contribution in [0.4, 0.5) is 11.8 Å². The van der Waals surface area contributed by atoms with Crippen LogP contribution >= 0.6 is 0 Å². The van der Waals surface area contributed by atoms with Crippen molar-refractivity contribution in [1.29, 1.82) is 0 Å². The van der Waals surface area contributed by atoms with Gasteiger partial charge in [-0.3, -0.25) is 5.10 Å². The van der Waals surface area contributed by atoms with Crippen LogP contribution in [0.25, 0.3) is 11.0 Å². The van der Waals surface area contributed by atoms with Gasteiger partial charge in [0.05, 0.1) is 11.6 Å². The Morgan fingerprint density at radius 3 is 2.84 bits per heavy atom. The minimum Gasteiger partial charge on any atom is -0.396 e. The van der Waals surface area contributed by atoms with E-state index in [-0.39, 0.29) is 12.1 Å². The summed E-state index contributed by atoms with van der Waals surface area (Å²) in [5.74, 6) is 1.27. The van der Waals surface area contributed by atoms with E-state index in [0.717, 1.165) is 11.9 Å². The number of rotatable bonds is 6. The average molecular weight is 264 g/mol. The fourth-order valence-electron chi connectivity index (χ4n) is 1.83. The lowest BCUT2D eigenvalue weighted by molar-refractivity contribution is 0.260. The topological polar surface area (TPSA) is 98.8 Å². The number of hydrogen-bond acceptors (Lipinski definition) is 6. The summed E-state index contributed by atoms with van der Waals surface area (Å²) in [7, 11) is 0. The smallest absolute Gasteiger partial charge is 0.226 e. The number of nitrogens with one attached hydrogen (secondary N) is 3. The first-order valence-corrected chi connectivity index (χ1v) is 6.40. The van der Waals surface area contributed by atoms with Gasteiger partial charge in [-0.25, -0.2) is 0 Å². The first kappa shape index (κ1) is 13.5. The summed E-state index contributed by atoms with van der Waals surface area (Å²) in [6, 6.07) is 0. The maximum absolute atomic E-state index is 9.09. The van der Waals surface area contributed by atoms with Gasteiger partial charge in [-0.05, 0) is 27.2 Å². The summed E-state index contributed by atoms with van der Waals surface area (Å²) in [4.78, 5) is 8.79. The van der Waals surface area contributed by atoms with Crippen molar-refractivity contribution in [2.45, 2.75) is 32.7 Å². The van der Waals surface area contributed by atoms with E-state index in [4.69, 9.17) is 5.11 Å². The molecule has 0 atom stereocenters. The summed E-state index contributed by atoms with van der Waals surface area (Å²) < 4.78 is 0. The van der Waals surface area contributed by atoms with Crippen molar-refractivity contribution in [2.75, 3.05) is 23.8 Å². The Hall–Kier alpha value is -1.89. The van der Waals surface area contributed by atoms with Crippen LogP contribution in [0.1, 0.15) is 27.2 Å². The molecule has 0 aliphatic heterocycles. The maximum Gasteiger partial charge on any atom is 0.226 e. The zero-order chi connectivity index (χ0) is 13.9. The number of H-pyrrole nitrogens is 1. The van der Waals surface area contributed by atoms with E-state index in [0.29, 0.717) is 23.8 Å². The van der Waals surface area contributed by atoms with E-state index in [2.05, 4.69) is 30.8 Å². The summed E-state index contributed by atoms with van der Waals surface area (Å²) in [5, 5.41) is 23.2. The molecule has 2 aromatic rings. The fourth-order valence-corrected chi connectivity index (χ4v) is 1.83. The van der Waals surface area contributed by atoms with E-state index in [1.807, 2.05) is 20.8 Å². The van der Waals surface area contributed by atoms with Gasteiger partial charge in [-0.2, -0.15) is 15.1 Å². The lowest BCUT2D eigenvalue weighted by Gasteiger charge is -2.26. The standard InChI is InChI=1S/C12H20N6O/c1-4-13-11-15-9(17-12(2,3)5-6-19)8-7-14-18-10(8)16-11/h7,19H,4-6H2,1-3H3,(H3,13,14,15,16,17,18). The van der Waals surface area contributed by atoms with Crippen molar-refractivity contribution in [3.05, 3.63) is 6.20 Å². The zero-order valence-electron chi connectivity index (χ0n) is 11.5. The van der Waals surface area contributed by atoms with Crippen LogP contribution < -0.4 is 10.6 Å². The van der Waals surface area contributed by atoms with Crippen LogP contribution in [0, 0.1) is 0 Å². The number of aromatic nitrogens is 4. The average Bonchev–Trinajstić information content (AvgIpc) is 2.77. The second kappa shape index (κ2) is 5.40. The normalized spacial score (nSPS) is 11.8. The lowest BCUT2D eigenvalue weighted by atomic mass is 10.0. The molecule has 0 aliphatic rings. The molecule has 0 fully saturated rings. The molecule has 0 spiro atoms. The summed E-state index contributed by atoms with van der Waals surface area (Å²) in [6.45, 7) is 6.90. The second-order valence-electron chi connectivity index (χ2n) is 5.04. The maximum atomic E-state index is 9.09. The van der Waals surface area contributed by atoms with E-state index < -0.39 is 0 Å². The van der Waals surface area contributed by atoms with Crippen molar-refractivity contribution in [2.24, 2.45) is 0 Å². The van der Waals surface area contributed by atoms with Gasteiger partial charge in [0.2, 0.25) is 5.95 Å². The van der Waals surface area contributed by atoms with Crippen molar-refractivity contribution in [1.82, 2.24) is 20.2 Å². The van der Waals surface area contributed by atoms with E-state index in [1.165, 1.54) is 0 Å². The largest absolute Gasteiger partial charge is 0.396 e. The van der Waals surface area contributed by atoms with Crippen molar-refractivity contribution >= 4 is 22.8 Å². The van der Waals surface area contributed by atoms with Crippen molar-refractivity contribution in [3.63, 3.8) is 0 Å². The molecule has 0 unspecified atom stereocenters. The van der Waals surface area contributed by atoms with Gasteiger partial charge in [-0.15, -0.1) is 0 Å². The number of nitrogens with zero attached hydrogens (tertiary/aromatic N) is 3. The number of fused-ring (bicyclic) bond motifs is 1. The van der Waals surface area contributed by atoms with Crippen molar-refractivity contribution in [3.8, 4) is 0 Å². The third-order valence-electron chi connectivity index (χ3n) is 2.84. The van der Waals surface area contributed by atoms with Crippen molar-refractivity contribution < 1.29 is 5.11 Å². The van der Waals surface area contributed by atoms with E-state index in [9.17, 15) is 0 Å². The highest BCUT2D eigenvalue weighted by atomic mass is 16.3. The molecule has 7 nitrogen and oxygen atoms in total. The third kappa shape index (κ3) is 3.11. The van der Waals surface area contributed by atoms with E-state index in [1.54, 1.807) is 6.20 Å². The quantitative estimate of drug-likeness (QED) is 0.629. The number of aromatic amines is 1. The Morgan fingerprint density at radius 1 is 1.37 bits per heavy atom. The number of anilines is 2. The molecule has 2 rings (SSSR count). The van der Waals surface area contributed by atoms with Gasteiger partial charge >= 0.3 is 0 Å².